The maximum Gasteiger partial charge on any atom is 0.228 e. The van der Waals surface area contributed by atoms with Gasteiger partial charge in [0.2, 0.25) is 11.8 Å². The standard InChI is InChI=1S/C16H20FN3O2.ClH/c1-11-9-18-6-7-19(11)16(22)12-8-15(21)20(10-12)14-5-3-2-4-13(14)17;/h2-5,11-12,18H,6-10H2,1H3;1H/t11-,12?;/m1./s1. The van der Waals surface area contributed by atoms with Crippen molar-refractivity contribution in [1.29, 1.82) is 0 Å². The Hall–Kier alpha value is -1.66. The molecule has 0 bridgehead atoms. The number of carbonyl (C=O) groups is 2. The molecule has 2 aliphatic rings. The summed E-state index contributed by atoms with van der Waals surface area (Å²) in [6, 6.07) is 6.31. The Morgan fingerprint density at radius 1 is 1.35 bits per heavy atom. The maximum atomic E-state index is 13.9. The van der Waals surface area contributed by atoms with Gasteiger partial charge in [0.05, 0.1) is 11.6 Å². The first-order valence-corrected chi connectivity index (χ1v) is 7.64. The molecule has 1 unspecified atom stereocenters. The predicted octanol–water partition coefficient (Wildman–Crippen LogP) is 1.42. The summed E-state index contributed by atoms with van der Waals surface area (Å²) >= 11 is 0. The van der Waals surface area contributed by atoms with E-state index in [0.29, 0.717) is 6.54 Å². The van der Waals surface area contributed by atoms with Crippen LogP contribution in [0.4, 0.5) is 10.1 Å². The molecule has 7 heteroatoms. The number of nitrogens with zero attached hydrogens (tertiary/aromatic N) is 2. The van der Waals surface area contributed by atoms with Crippen LogP contribution < -0.4 is 10.2 Å². The molecule has 2 amide bonds. The van der Waals surface area contributed by atoms with E-state index in [0.717, 1.165) is 13.1 Å². The largest absolute Gasteiger partial charge is 0.337 e. The zero-order chi connectivity index (χ0) is 15.7. The topological polar surface area (TPSA) is 52.7 Å². The van der Waals surface area contributed by atoms with Crippen molar-refractivity contribution in [1.82, 2.24) is 10.2 Å². The Kier molecular flexibility index (Phi) is 5.59. The second-order valence-corrected chi connectivity index (χ2v) is 5.94. The number of hydrogen-bond acceptors (Lipinski definition) is 3. The van der Waals surface area contributed by atoms with Crippen LogP contribution in [0.2, 0.25) is 0 Å². The molecule has 2 aliphatic heterocycles. The Bertz CT molecular complexity index is 598. The molecule has 2 saturated heterocycles. The third-order valence-corrected chi connectivity index (χ3v) is 4.40. The lowest BCUT2D eigenvalue weighted by molar-refractivity contribution is -0.138. The summed E-state index contributed by atoms with van der Waals surface area (Å²) in [6.07, 6.45) is 0.157. The third-order valence-electron chi connectivity index (χ3n) is 4.40. The van der Waals surface area contributed by atoms with E-state index < -0.39 is 5.82 Å². The van der Waals surface area contributed by atoms with Crippen LogP contribution in [0.5, 0.6) is 0 Å². The number of carbonyl (C=O) groups excluding carboxylic acids is 2. The number of anilines is 1. The molecule has 126 valence electrons. The van der Waals surface area contributed by atoms with Crippen LogP contribution in [-0.4, -0.2) is 48.9 Å². The smallest absolute Gasteiger partial charge is 0.228 e. The van der Waals surface area contributed by atoms with Crippen molar-refractivity contribution in [2.24, 2.45) is 5.92 Å². The van der Waals surface area contributed by atoms with E-state index in [1.165, 1.54) is 11.0 Å². The first-order chi connectivity index (χ1) is 10.6. The molecule has 2 atom stereocenters. The van der Waals surface area contributed by atoms with E-state index in [1.807, 2.05) is 11.8 Å². The highest BCUT2D eigenvalue weighted by Gasteiger charge is 2.39. The molecule has 5 nitrogen and oxygen atoms in total. The summed E-state index contributed by atoms with van der Waals surface area (Å²) in [6.45, 7) is 4.45. The second-order valence-electron chi connectivity index (χ2n) is 5.94. The van der Waals surface area contributed by atoms with Crippen molar-refractivity contribution in [2.75, 3.05) is 31.1 Å². The highest BCUT2D eigenvalue weighted by atomic mass is 35.5. The van der Waals surface area contributed by atoms with Crippen LogP contribution in [0.3, 0.4) is 0 Å². The molecule has 2 fully saturated rings. The van der Waals surface area contributed by atoms with Crippen LogP contribution in [0.1, 0.15) is 13.3 Å². The summed E-state index contributed by atoms with van der Waals surface area (Å²) in [5.41, 5.74) is 0.260. The molecule has 0 aromatic heterocycles. The number of amides is 2. The van der Waals surface area contributed by atoms with Crippen LogP contribution >= 0.6 is 12.4 Å². The first-order valence-electron chi connectivity index (χ1n) is 7.64. The monoisotopic (exact) mass is 341 g/mol. The fraction of sp³-hybridized carbons (Fsp3) is 0.500. The van der Waals surface area contributed by atoms with Gasteiger partial charge in [-0.15, -0.1) is 12.4 Å². The van der Waals surface area contributed by atoms with Gasteiger partial charge in [-0.25, -0.2) is 4.39 Å². The molecular formula is C16H21ClFN3O2. The van der Waals surface area contributed by atoms with Crippen molar-refractivity contribution in [2.45, 2.75) is 19.4 Å². The Balaban J connectivity index is 0.00000192. The van der Waals surface area contributed by atoms with Crippen LogP contribution in [0.25, 0.3) is 0 Å². The highest BCUT2D eigenvalue weighted by molar-refractivity contribution is 6.00. The average molecular weight is 342 g/mol. The lowest BCUT2D eigenvalue weighted by atomic mass is 10.1. The van der Waals surface area contributed by atoms with E-state index in [4.69, 9.17) is 0 Å². The molecule has 1 N–H and O–H groups in total. The van der Waals surface area contributed by atoms with E-state index in [-0.39, 0.29) is 54.8 Å². The number of hydrogen-bond donors (Lipinski definition) is 1. The Labute approximate surface area is 141 Å². The molecule has 3 rings (SSSR count). The number of rotatable bonds is 2. The first kappa shape index (κ1) is 17.7. The zero-order valence-corrected chi connectivity index (χ0v) is 13.8. The van der Waals surface area contributed by atoms with E-state index in [9.17, 15) is 14.0 Å². The second kappa shape index (κ2) is 7.27. The SMILES string of the molecule is C[C@@H]1CNCCN1C(=O)C1CC(=O)N(c2ccccc2F)C1.Cl. The lowest BCUT2D eigenvalue weighted by Crippen LogP contribution is -2.54. The van der Waals surface area contributed by atoms with Gasteiger partial charge in [-0.05, 0) is 19.1 Å². The van der Waals surface area contributed by atoms with Crippen molar-refractivity contribution < 1.29 is 14.0 Å². The highest BCUT2D eigenvalue weighted by Crippen LogP contribution is 2.28. The predicted molar refractivity (Wildman–Crippen MR) is 88.2 cm³/mol. The van der Waals surface area contributed by atoms with Crippen molar-refractivity contribution >= 4 is 29.9 Å². The summed E-state index contributed by atoms with van der Waals surface area (Å²) in [5, 5.41) is 3.24. The summed E-state index contributed by atoms with van der Waals surface area (Å²) in [4.78, 5) is 28.1. The molecule has 1 aromatic rings. The van der Waals surface area contributed by atoms with Gasteiger partial charge in [0, 0.05) is 38.6 Å². The van der Waals surface area contributed by atoms with Gasteiger partial charge < -0.3 is 15.1 Å². The van der Waals surface area contributed by atoms with Gasteiger partial charge in [-0.1, -0.05) is 12.1 Å². The minimum atomic E-state index is -0.431. The van der Waals surface area contributed by atoms with E-state index in [2.05, 4.69) is 5.32 Å². The number of halogens is 2. The average Bonchev–Trinajstić information content (AvgIpc) is 2.89. The number of piperazine rings is 1. The Morgan fingerprint density at radius 3 is 2.78 bits per heavy atom. The van der Waals surface area contributed by atoms with Crippen molar-refractivity contribution in [3.63, 3.8) is 0 Å². The molecule has 0 aliphatic carbocycles. The summed E-state index contributed by atoms with van der Waals surface area (Å²) < 4.78 is 13.9. The van der Waals surface area contributed by atoms with Crippen molar-refractivity contribution in [3.8, 4) is 0 Å². The van der Waals surface area contributed by atoms with E-state index in [1.54, 1.807) is 18.2 Å². The maximum absolute atomic E-state index is 13.9. The summed E-state index contributed by atoms with van der Waals surface area (Å²) in [7, 11) is 0. The lowest BCUT2D eigenvalue weighted by Gasteiger charge is -2.35. The fourth-order valence-electron chi connectivity index (χ4n) is 3.18. The minimum absolute atomic E-state index is 0. The van der Waals surface area contributed by atoms with Gasteiger partial charge in [-0.3, -0.25) is 9.59 Å². The molecule has 1 aromatic carbocycles. The van der Waals surface area contributed by atoms with Gasteiger partial charge in [-0.2, -0.15) is 0 Å². The zero-order valence-electron chi connectivity index (χ0n) is 13.0. The molecule has 0 saturated carbocycles. The molecule has 0 spiro atoms. The summed E-state index contributed by atoms with van der Waals surface area (Å²) in [5.74, 6) is -1.00. The van der Waals surface area contributed by atoms with Gasteiger partial charge >= 0.3 is 0 Å². The normalized spacial score (nSPS) is 24.5. The number of benzene rings is 1. The van der Waals surface area contributed by atoms with Crippen LogP contribution in [-0.2, 0) is 9.59 Å². The quantitative estimate of drug-likeness (QED) is 0.885. The van der Waals surface area contributed by atoms with Gasteiger partial charge in [0.25, 0.3) is 0 Å². The van der Waals surface area contributed by atoms with Crippen LogP contribution in [0, 0.1) is 11.7 Å². The number of nitrogens with one attached hydrogen (secondary N) is 1. The minimum Gasteiger partial charge on any atom is -0.337 e. The van der Waals surface area contributed by atoms with Gasteiger partial charge in [0.15, 0.2) is 0 Å². The molecule has 23 heavy (non-hydrogen) atoms. The third kappa shape index (κ3) is 3.48. The number of para-hydroxylation sites is 1. The van der Waals surface area contributed by atoms with Crippen LogP contribution in [0.15, 0.2) is 24.3 Å². The fourth-order valence-corrected chi connectivity index (χ4v) is 3.18. The molecular weight excluding hydrogens is 321 g/mol. The molecule has 0 radical (unpaired) electrons. The Morgan fingerprint density at radius 2 is 2.09 bits per heavy atom. The van der Waals surface area contributed by atoms with Gasteiger partial charge in [0.1, 0.15) is 5.82 Å². The van der Waals surface area contributed by atoms with Crippen molar-refractivity contribution in [3.05, 3.63) is 30.1 Å². The molecule has 2 heterocycles. The van der Waals surface area contributed by atoms with E-state index >= 15 is 0 Å².